The van der Waals surface area contributed by atoms with E-state index in [2.05, 4.69) is 9.47 Å². The van der Waals surface area contributed by atoms with Gasteiger partial charge in [0.05, 0.1) is 18.6 Å². The van der Waals surface area contributed by atoms with Gasteiger partial charge in [0, 0.05) is 0 Å². The second-order valence-electron chi connectivity index (χ2n) is 2.12. The van der Waals surface area contributed by atoms with Gasteiger partial charge in [-0.15, -0.1) is 11.6 Å². The fourth-order valence-electron chi connectivity index (χ4n) is 0.701. The Bertz CT molecular complexity index is 138. The lowest BCUT2D eigenvalue weighted by atomic mass is 10.4. The topological polar surface area (TPSA) is 18.5 Å². The van der Waals surface area contributed by atoms with Crippen molar-refractivity contribution in [3.8, 4) is 0 Å². The Morgan fingerprint density at radius 2 is 2.09 bits per heavy atom. The maximum absolute atomic E-state index is 11.8. The summed E-state index contributed by atoms with van der Waals surface area (Å²) >= 11 is 5.25. The molecule has 0 spiro atoms. The third-order valence-corrected chi connectivity index (χ3v) is 1.53. The monoisotopic (exact) mass is 190 g/mol. The van der Waals surface area contributed by atoms with E-state index in [4.69, 9.17) is 11.6 Å². The highest BCUT2D eigenvalue weighted by molar-refractivity contribution is 6.18. The first-order valence-electron chi connectivity index (χ1n) is 2.94. The van der Waals surface area contributed by atoms with Gasteiger partial charge in [-0.05, 0) is 0 Å². The molecule has 1 aliphatic rings. The Kier molecular flexibility index (Phi) is 2.61. The van der Waals surface area contributed by atoms with Crippen LogP contribution in [0.25, 0.3) is 0 Å². The molecule has 0 amide bonds. The molecule has 2 nitrogen and oxygen atoms in total. The van der Waals surface area contributed by atoms with Crippen molar-refractivity contribution in [3.63, 3.8) is 0 Å². The molecular weight excluding hydrogens is 184 g/mol. The van der Waals surface area contributed by atoms with Crippen molar-refractivity contribution in [2.45, 2.75) is 18.6 Å². The highest BCUT2D eigenvalue weighted by Gasteiger charge is 2.46. The SMILES string of the molecule is FC(F)(F)[C@@H]1OC[C@H](CCl)O1. The minimum atomic E-state index is -4.44. The van der Waals surface area contributed by atoms with Crippen LogP contribution in [0.5, 0.6) is 0 Å². The van der Waals surface area contributed by atoms with Gasteiger partial charge in [-0.3, -0.25) is 0 Å². The largest absolute Gasteiger partial charge is 0.440 e. The molecule has 11 heavy (non-hydrogen) atoms. The summed E-state index contributed by atoms with van der Waals surface area (Å²) in [7, 11) is 0. The molecule has 0 unspecified atom stereocenters. The smallest absolute Gasteiger partial charge is 0.342 e. The van der Waals surface area contributed by atoms with Crippen LogP contribution in [-0.4, -0.2) is 31.1 Å². The van der Waals surface area contributed by atoms with Crippen molar-refractivity contribution >= 4 is 11.6 Å². The minimum Gasteiger partial charge on any atom is -0.342 e. The lowest BCUT2D eigenvalue weighted by molar-refractivity contribution is -0.276. The third kappa shape index (κ3) is 2.21. The first-order valence-corrected chi connectivity index (χ1v) is 3.47. The molecule has 1 aliphatic heterocycles. The molecule has 2 atom stereocenters. The third-order valence-electron chi connectivity index (χ3n) is 1.19. The van der Waals surface area contributed by atoms with Crippen molar-refractivity contribution in [2.75, 3.05) is 12.5 Å². The average molecular weight is 191 g/mol. The van der Waals surface area contributed by atoms with E-state index < -0.39 is 18.6 Å². The fraction of sp³-hybridized carbons (Fsp3) is 1.00. The zero-order valence-electron chi connectivity index (χ0n) is 5.40. The molecule has 1 heterocycles. The van der Waals surface area contributed by atoms with E-state index >= 15 is 0 Å². The van der Waals surface area contributed by atoms with E-state index in [0.29, 0.717) is 0 Å². The Balaban J connectivity index is 2.42. The highest BCUT2D eigenvalue weighted by Crippen LogP contribution is 2.28. The summed E-state index contributed by atoms with van der Waals surface area (Å²) in [4.78, 5) is 0. The number of alkyl halides is 4. The van der Waals surface area contributed by atoms with Crippen LogP contribution < -0.4 is 0 Å². The number of halogens is 4. The number of rotatable bonds is 1. The maximum Gasteiger partial charge on any atom is 0.440 e. The predicted octanol–water partition coefficient (Wildman–Crippen LogP) is 1.53. The fourth-order valence-corrected chi connectivity index (χ4v) is 0.862. The van der Waals surface area contributed by atoms with Crippen LogP contribution in [-0.2, 0) is 9.47 Å². The van der Waals surface area contributed by atoms with Crippen LogP contribution >= 0.6 is 11.6 Å². The standard InChI is InChI=1S/C5H6ClF3O2/c6-1-3-2-10-4(11-3)5(7,8)9/h3-4H,1-2H2/t3-,4+/m0/s1. The van der Waals surface area contributed by atoms with Crippen LogP contribution in [0.2, 0.25) is 0 Å². The van der Waals surface area contributed by atoms with Crippen molar-refractivity contribution in [1.82, 2.24) is 0 Å². The zero-order chi connectivity index (χ0) is 8.48. The van der Waals surface area contributed by atoms with Gasteiger partial charge in [-0.25, -0.2) is 0 Å². The van der Waals surface area contributed by atoms with E-state index in [1.54, 1.807) is 0 Å². The second kappa shape index (κ2) is 3.16. The number of hydrogen-bond donors (Lipinski definition) is 0. The lowest BCUT2D eigenvalue weighted by Gasteiger charge is -2.12. The van der Waals surface area contributed by atoms with Crippen LogP contribution in [0.15, 0.2) is 0 Å². The Morgan fingerprint density at radius 1 is 1.45 bits per heavy atom. The van der Waals surface area contributed by atoms with E-state index in [1.165, 1.54) is 0 Å². The molecule has 1 rings (SSSR count). The molecule has 0 aromatic heterocycles. The van der Waals surface area contributed by atoms with Crippen LogP contribution in [0.3, 0.4) is 0 Å². The van der Waals surface area contributed by atoms with E-state index in [-0.39, 0.29) is 12.5 Å². The predicted molar refractivity (Wildman–Crippen MR) is 31.4 cm³/mol. The Labute approximate surface area is 66.2 Å². The van der Waals surface area contributed by atoms with Gasteiger partial charge in [0.2, 0.25) is 0 Å². The highest BCUT2D eigenvalue weighted by atomic mass is 35.5. The molecule has 1 saturated heterocycles. The van der Waals surface area contributed by atoms with Crippen molar-refractivity contribution in [3.05, 3.63) is 0 Å². The zero-order valence-corrected chi connectivity index (χ0v) is 6.15. The van der Waals surface area contributed by atoms with E-state index in [9.17, 15) is 13.2 Å². The molecule has 0 bridgehead atoms. The summed E-state index contributed by atoms with van der Waals surface area (Å²) in [6.07, 6.45) is -7.17. The van der Waals surface area contributed by atoms with Crippen LogP contribution in [0.4, 0.5) is 13.2 Å². The van der Waals surface area contributed by atoms with Crippen molar-refractivity contribution in [1.29, 1.82) is 0 Å². The van der Waals surface area contributed by atoms with Gasteiger partial charge in [-0.2, -0.15) is 13.2 Å². The van der Waals surface area contributed by atoms with Crippen LogP contribution in [0.1, 0.15) is 0 Å². The molecule has 66 valence electrons. The first-order chi connectivity index (χ1) is 5.04. The number of hydrogen-bond acceptors (Lipinski definition) is 2. The summed E-state index contributed by atoms with van der Waals surface area (Å²) < 4.78 is 44.0. The van der Waals surface area contributed by atoms with Gasteiger partial charge in [0.15, 0.2) is 0 Å². The summed E-state index contributed by atoms with van der Waals surface area (Å²) in [6, 6.07) is 0. The van der Waals surface area contributed by atoms with E-state index in [1.807, 2.05) is 0 Å². The first kappa shape index (κ1) is 9.09. The summed E-state index contributed by atoms with van der Waals surface area (Å²) in [5.74, 6) is 0.0204. The van der Waals surface area contributed by atoms with Gasteiger partial charge >= 0.3 is 6.18 Å². The molecule has 0 aromatic rings. The second-order valence-corrected chi connectivity index (χ2v) is 2.43. The van der Waals surface area contributed by atoms with Crippen molar-refractivity contribution < 1.29 is 22.6 Å². The lowest BCUT2D eigenvalue weighted by Crippen LogP contribution is -2.30. The van der Waals surface area contributed by atoms with Crippen molar-refractivity contribution in [2.24, 2.45) is 0 Å². The van der Waals surface area contributed by atoms with E-state index in [0.717, 1.165) is 0 Å². The molecule has 0 aromatic carbocycles. The number of ether oxygens (including phenoxy) is 2. The Hall–Kier alpha value is -0.0000000000000000208. The summed E-state index contributed by atoms with van der Waals surface area (Å²) in [5, 5.41) is 0. The normalized spacial score (nSPS) is 32.7. The summed E-state index contributed by atoms with van der Waals surface area (Å²) in [6.45, 7) is -0.0896. The molecule has 0 N–H and O–H groups in total. The van der Waals surface area contributed by atoms with Gasteiger partial charge in [0.1, 0.15) is 0 Å². The average Bonchev–Trinajstić information content (AvgIpc) is 2.32. The maximum atomic E-state index is 11.8. The Morgan fingerprint density at radius 3 is 2.36 bits per heavy atom. The van der Waals surface area contributed by atoms with Gasteiger partial charge < -0.3 is 9.47 Å². The quantitative estimate of drug-likeness (QED) is 0.584. The molecule has 1 fully saturated rings. The van der Waals surface area contributed by atoms with Crippen LogP contribution in [0, 0.1) is 0 Å². The molecular formula is C5H6ClF3O2. The molecule has 0 saturated carbocycles. The van der Waals surface area contributed by atoms with Gasteiger partial charge in [-0.1, -0.05) is 0 Å². The molecule has 0 radical (unpaired) electrons. The molecule has 6 heteroatoms. The summed E-state index contributed by atoms with van der Waals surface area (Å²) in [5.41, 5.74) is 0. The molecule has 0 aliphatic carbocycles. The van der Waals surface area contributed by atoms with Gasteiger partial charge in [0.25, 0.3) is 6.29 Å². The minimum absolute atomic E-state index is 0.0204.